The van der Waals surface area contributed by atoms with Crippen molar-refractivity contribution < 1.29 is 114 Å². The van der Waals surface area contributed by atoms with E-state index < -0.39 is 43.1 Å². The zero-order valence-electron chi connectivity index (χ0n) is 15.8. The van der Waals surface area contributed by atoms with Crippen LogP contribution in [0, 0.1) is 0 Å². The number of aliphatic hydroxyl groups is 8. The Morgan fingerprint density at radius 2 is 1.25 bits per heavy atom. The van der Waals surface area contributed by atoms with Crippen LogP contribution in [0.3, 0.4) is 0 Å². The molecule has 1 amide bonds. The molecule has 0 unspecified atom stereocenters. The molecule has 0 fully saturated rings. The summed E-state index contributed by atoms with van der Waals surface area (Å²) in [5.41, 5.74) is 0. The first kappa shape index (κ1) is 42.2. The smallest absolute Gasteiger partial charge is 1.00 e. The van der Waals surface area contributed by atoms with Crippen molar-refractivity contribution >= 4 is 18.7 Å². The Kier molecular flexibility index (Phi) is 47.8. The van der Waals surface area contributed by atoms with Crippen molar-refractivity contribution in [2.45, 2.75) is 37.4 Å². The summed E-state index contributed by atoms with van der Waals surface area (Å²) >= 11 is 0. The molecule has 0 aliphatic heterocycles. The van der Waals surface area contributed by atoms with Crippen LogP contribution in [-0.2, 0) is 14.4 Å². The molecule has 4 atom stereocenters. The Bertz CT molecular complexity index is 335. The second-order valence-corrected chi connectivity index (χ2v) is 4.30. The molecule has 0 spiro atoms. The van der Waals surface area contributed by atoms with Crippen LogP contribution in [0.15, 0.2) is 0 Å². The number of hydrogen-bond donors (Lipinski definition) is 10. The number of carbonyl (C=O) groups excluding carboxylic acids is 2. The van der Waals surface area contributed by atoms with Gasteiger partial charge >= 0.3 is 29.6 Å². The van der Waals surface area contributed by atoms with Gasteiger partial charge in [-0.3, -0.25) is 9.59 Å². The number of aldehydes is 1. The molecule has 15 heteroatoms. The Hall–Kier alpha value is 0.0200. The number of carboxylic acids is 1. The third-order valence-corrected chi connectivity index (χ3v) is 1.96. The largest absolute Gasteiger partial charge is 1.00 e. The standard InChI is InChI=1S/C6H12O6.C3H8O3.C2H5NO.C2H4O2.HI.Na/c7-1-3(9)5(11)6(12)4(10)2-8;4-1-3(6)2-5;1-3-2-4;1-2(3)4;;/h1,3-6,8-12H,2H2;3-6H,1-2H2;2H,1H3,(H,3,4);1H3,(H,3,4);1H;/q;;;;;+1/p-1/t3-,4+,5+,6+;;;;;/m0...../s1. The molecule has 0 heterocycles. The van der Waals surface area contributed by atoms with Gasteiger partial charge < -0.3 is 80.0 Å². The van der Waals surface area contributed by atoms with E-state index in [0.717, 1.165) is 6.92 Å². The van der Waals surface area contributed by atoms with Crippen molar-refractivity contribution in [3.63, 3.8) is 0 Å². The van der Waals surface area contributed by atoms with Crippen molar-refractivity contribution in [2.75, 3.05) is 26.9 Å². The minimum absolute atomic E-state index is 0. The first-order valence-corrected chi connectivity index (χ1v) is 6.99. The number of amides is 1. The third kappa shape index (κ3) is 36.9. The van der Waals surface area contributed by atoms with Gasteiger partial charge in [0.15, 0.2) is 6.29 Å². The average Bonchev–Trinajstić information content (AvgIpc) is 2.64. The van der Waals surface area contributed by atoms with Gasteiger partial charge in [0.2, 0.25) is 6.41 Å². The van der Waals surface area contributed by atoms with Crippen molar-refractivity contribution in [1.29, 1.82) is 0 Å². The van der Waals surface area contributed by atoms with Crippen LogP contribution < -0.4 is 58.9 Å². The molecule has 0 aromatic rings. The van der Waals surface area contributed by atoms with Gasteiger partial charge in [0.05, 0.1) is 19.8 Å². The molecule has 13 nitrogen and oxygen atoms in total. The predicted molar refractivity (Wildman–Crippen MR) is 85.8 cm³/mol. The monoisotopic (exact) mass is 541 g/mol. The van der Waals surface area contributed by atoms with Crippen LogP contribution in [0.1, 0.15) is 6.92 Å². The zero-order valence-corrected chi connectivity index (χ0v) is 19.9. The van der Waals surface area contributed by atoms with Gasteiger partial charge in [0, 0.05) is 14.0 Å². The van der Waals surface area contributed by atoms with E-state index in [2.05, 4.69) is 5.32 Å². The maximum Gasteiger partial charge on any atom is 1.00 e. The van der Waals surface area contributed by atoms with Crippen molar-refractivity contribution in [2.24, 2.45) is 0 Å². The molecule has 0 aliphatic rings. The Morgan fingerprint density at radius 3 is 1.39 bits per heavy atom. The molecule has 28 heavy (non-hydrogen) atoms. The molecule has 0 rings (SSSR count). The molecule has 0 saturated carbocycles. The minimum Gasteiger partial charge on any atom is -1.00 e. The predicted octanol–water partition coefficient (Wildman–Crippen LogP) is -11.6. The van der Waals surface area contributed by atoms with Crippen molar-refractivity contribution in [1.82, 2.24) is 5.32 Å². The fourth-order valence-corrected chi connectivity index (χ4v) is 0.676. The van der Waals surface area contributed by atoms with Gasteiger partial charge in [-0.15, -0.1) is 0 Å². The fraction of sp³-hybridized carbons (Fsp3) is 0.769. The first-order chi connectivity index (χ1) is 12.0. The van der Waals surface area contributed by atoms with Crippen molar-refractivity contribution in [3.8, 4) is 0 Å². The van der Waals surface area contributed by atoms with Crippen LogP contribution in [0.25, 0.3) is 0 Å². The second-order valence-electron chi connectivity index (χ2n) is 4.30. The number of nitrogens with one attached hydrogen (secondary N) is 1. The van der Waals surface area contributed by atoms with E-state index in [1.165, 1.54) is 0 Å². The minimum atomic E-state index is -1.79. The zero-order chi connectivity index (χ0) is 21.7. The third-order valence-electron chi connectivity index (χ3n) is 1.96. The molecule has 0 saturated heterocycles. The van der Waals surface area contributed by atoms with E-state index in [4.69, 9.17) is 55.5 Å². The Balaban J connectivity index is -0.0000000641. The number of carbonyl (C=O) groups is 3. The summed E-state index contributed by atoms with van der Waals surface area (Å²) in [6, 6.07) is 0. The summed E-state index contributed by atoms with van der Waals surface area (Å²) in [5.74, 6) is -0.833. The number of aliphatic carboxylic acids is 1. The summed E-state index contributed by atoms with van der Waals surface area (Å²) in [5, 5.41) is 77.2. The van der Waals surface area contributed by atoms with Gasteiger partial charge in [-0.2, -0.15) is 0 Å². The summed E-state index contributed by atoms with van der Waals surface area (Å²) in [4.78, 5) is 28.0. The summed E-state index contributed by atoms with van der Waals surface area (Å²) in [6.07, 6.45) is -7.17. The van der Waals surface area contributed by atoms with E-state index in [1.807, 2.05) is 0 Å². The van der Waals surface area contributed by atoms with E-state index in [0.29, 0.717) is 6.41 Å². The summed E-state index contributed by atoms with van der Waals surface area (Å²) in [7, 11) is 1.56. The van der Waals surface area contributed by atoms with Gasteiger partial charge in [-0.05, 0) is 0 Å². The van der Waals surface area contributed by atoms with Crippen molar-refractivity contribution in [3.05, 3.63) is 0 Å². The molecule has 0 aromatic carbocycles. The first-order valence-electron chi connectivity index (χ1n) is 6.99. The van der Waals surface area contributed by atoms with Crippen LogP contribution in [0.2, 0.25) is 0 Å². The van der Waals surface area contributed by atoms with Gasteiger partial charge in [0.25, 0.3) is 5.97 Å². The number of carboxylic acid groups (broad SMARTS) is 1. The van der Waals surface area contributed by atoms with Gasteiger partial charge in [-0.1, -0.05) is 0 Å². The maximum atomic E-state index is 9.90. The van der Waals surface area contributed by atoms with E-state index in [1.54, 1.807) is 7.05 Å². The molecular weight excluding hydrogens is 512 g/mol. The number of aliphatic hydroxyl groups excluding tert-OH is 8. The SMILES string of the molecule is CC(=O)O.CNC=O.O=C[C@H](O)[C@@H](O)[C@H](O)[C@H](O)CO.OCC(O)CO.[I-].[Na+]. The molecule has 0 radical (unpaired) electrons. The van der Waals surface area contributed by atoms with Crippen LogP contribution in [0.4, 0.5) is 0 Å². The Labute approximate surface area is 201 Å². The number of halogens is 1. The van der Waals surface area contributed by atoms with Gasteiger partial charge in [0.1, 0.15) is 30.5 Å². The van der Waals surface area contributed by atoms with Crippen LogP contribution >= 0.6 is 0 Å². The molecular formula is C13H29INNaO12. The van der Waals surface area contributed by atoms with Crippen LogP contribution in [0.5, 0.6) is 0 Å². The average molecular weight is 541 g/mol. The van der Waals surface area contributed by atoms with E-state index in [9.17, 15) is 4.79 Å². The molecule has 166 valence electrons. The van der Waals surface area contributed by atoms with Crippen LogP contribution in [-0.4, -0.2) is 122 Å². The van der Waals surface area contributed by atoms with E-state index >= 15 is 0 Å². The number of hydrogen-bond acceptors (Lipinski definition) is 11. The quantitative estimate of drug-likeness (QED) is 0.0782. The molecule has 0 aromatic heterocycles. The van der Waals surface area contributed by atoms with E-state index in [-0.39, 0.29) is 73.0 Å². The van der Waals surface area contributed by atoms with Gasteiger partial charge in [-0.25, -0.2) is 0 Å². The normalized spacial score (nSPS) is 12.8. The topological polar surface area (TPSA) is 245 Å². The summed E-state index contributed by atoms with van der Waals surface area (Å²) < 4.78 is 0. The Morgan fingerprint density at radius 1 is 0.929 bits per heavy atom. The fourth-order valence-electron chi connectivity index (χ4n) is 0.676. The second kappa shape index (κ2) is 31.7. The molecule has 0 aliphatic carbocycles. The molecule has 0 bridgehead atoms. The maximum absolute atomic E-state index is 9.90. The number of rotatable bonds is 8. The molecule has 10 N–H and O–H groups in total. The summed E-state index contributed by atoms with van der Waals surface area (Å²) in [6.45, 7) is -0.406.